The average Bonchev–Trinajstić information content (AvgIpc) is 2.78. The van der Waals surface area contributed by atoms with Gasteiger partial charge in [0.05, 0.1) is 6.04 Å². The Morgan fingerprint density at radius 3 is 2.43 bits per heavy atom. The van der Waals surface area contributed by atoms with Crippen molar-refractivity contribution in [2.45, 2.75) is 19.1 Å². The van der Waals surface area contributed by atoms with E-state index >= 15 is 0 Å². The molecule has 1 N–H and O–H groups in total. The standard InChI is InChI=1S/C26H30N2O2/c1-28(2)16-17-29-23-10-8-21(9-11-23)26-25-13-12-24(18-22(25)14-15-27-26)30-19-20-6-4-3-5-7-20/h3-13,18,26-27H,14-17,19H2,1-2H3. The van der Waals surface area contributed by atoms with Crippen LogP contribution in [-0.2, 0) is 13.0 Å². The molecule has 1 aliphatic heterocycles. The molecule has 1 unspecified atom stereocenters. The van der Waals surface area contributed by atoms with E-state index in [1.807, 2.05) is 18.2 Å². The Balaban J connectivity index is 1.43. The van der Waals surface area contributed by atoms with Gasteiger partial charge in [-0.2, -0.15) is 0 Å². The quantitative estimate of drug-likeness (QED) is 0.604. The molecule has 4 rings (SSSR count). The Morgan fingerprint density at radius 1 is 0.900 bits per heavy atom. The summed E-state index contributed by atoms with van der Waals surface area (Å²) in [5.41, 5.74) is 5.13. The van der Waals surface area contributed by atoms with Gasteiger partial charge in [0.2, 0.25) is 0 Å². The molecule has 3 aromatic carbocycles. The molecule has 0 saturated carbocycles. The topological polar surface area (TPSA) is 33.7 Å². The Kier molecular flexibility index (Phi) is 6.67. The zero-order valence-corrected chi connectivity index (χ0v) is 17.8. The Hall–Kier alpha value is -2.82. The van der Waals surface area contributed by atoms with Crippen LogP contribution in [0.25, 0.3) is 0 Å². The first-order valence-electron chi connectivity index (χ1n) is 10.6. The number of hydrogen-bond acceptors (Lipinski definition) is 4. The predicted molar refractivity (Wildman–Crippen MR) is 121 cm³/mol. The van der Waals surface area contributed by atoms with E-state index in [2.05, 4.69) is 78.9 Å². The molecule has 30 heavy (non-hydrogen) atoms. The lowest BCUT2D eigenvalue weighted by atomic mass is 9.89. The lowest BCUT2D eigenvalue weighted by molar-refractivity contribution is 0.261. The monoisotopic (exact) mass is 402 g/mol. The van der Waals surface area contributed by atoms with Crippen LogP contribution < -0.4 is 14.8 Å². The fourth-order valence-corrected chi connectivity index (χ4v) is 3.77. The van der Waals surface area contributed by atoms with E-state index in [-0.39, 0.29) is 6.04 Å². The molecule has 0 bridgehead atoms. The summed E-state index contributed by atoms with van der Waals surface area (Å²) < 4.78 is 11.9. The molecule has 0 fully saturated rings. The SMILES string of the molecule is CN(C)CCOc1ccc(C2NCCc3cc(OCc4ccccc4)ccc32)cc1. The number of ether oxygens (including phenoxy) is 2. The van der Waals surface area contributed by atoms with Crippen molar-refractivity contribution in [3.8, 4) is 11.5 Å². The summed E-state index contributed by atoms with van der Waals surface area (Å²) in [5.74, 6) is 1.85. The molecule has 1 atom stereocenters. The van der Waals surface area contributed by atoms with Crippen LogP contribution in [0.3, 0.4) is 0 Å². The zero-order chi connectivity index (χ0) is 20.8. The summed E-state index contributed by atoms with van der Waals surface area (Å²) in [4.78, 5) is 2.12. The predicted octanol–water partition coefficient (Wildman–Crippen LogP) is 4.44. The Morgan fingerprint density at radius 2 is 1.67 bits per heavy atom. The molecular formula is C26H30N2O2. The first kappa shape index (κ1) is 20.5. The van der Waals surface area contributed by atoms with Crippen molar-refractivity contribution < 1.29 is 9.47 Å². The maximum atomic E-state index is 6.03. The Labute approximate surface area is 179 Å². The van der Waals surface area contributed by atoms with E-state index < -0.39 is 0 Å². The van der Waals surface area contributed by atoms with Crippen LogP contribution in [0.1, 0.15) is 28.3 Å². The number of hydrogen-bond donors (Lipinski definition) is 1. The molecule has 1 aliphatic rings. The normalized spacial score (nSPS) is 15.6. The first-order valence-corrected chi connectivity index (χ1v) is 10.6. The third-order valence-corrected chi connectivity index (χ3v) is 5.44. The molecule has 3 aromatic rings. The summed E-state index contributed by atoms with van der Waals surface area (Å²) >= 11 is 0. The van der Waals surface area contributed by atoms with Gasteiger partial charge in [0, 0.05) is 13.1 Å². The van der Waals surface area contributed by atoms with Gasteiger partial charge in [0.1, 0.15) is 24.7 Å². The highest BCUT2D eigenvalue weighted by Gasteiger charge is 2.21. The maximum absolute atomic E-state index is 6.03. The van der Waals surface area contributed by atoms with E-state index in [4.69, 9.17) is 9.47 Å². The summed E-state index contributed by atoms with van der Waals surface area (Å²) in [7, 11) is 4.10. The lowest BCUT2D eigenvalue weighted by Gasteiger charge is -2.28. The van der Waals surface area contributed by atoms with Crippen molar-refractivity contribution in [1.29, 1.82) is 0 Å². The summed E-state index contributed by atoms with van der Waals surface area (Å²) in [6, 6.07) is 25.4. The number of nitrogens with zero attached hydrogens (tertiary/aromatic N) is 1. The summed E-state index contributed by atoms with van der Waals surface area (Å²) in [5, 5.41) is 3.66. The number of benzene rings is 3. The van der Waals surface area contributed by atoms with Crippen molar-refractivity contribution in [1.82, 2.24) is 10.2 Å². The minimum atomic E-state index is 0.202. The molecule has 1 heterocycles. The molecule has 0 saturated heterocycles. The van der Waals surface area contributed by atoms with E-state index in [0.29, 0.717) is 13.2 Å². The van der Waals surface area contributed by atoms with Crippen molar-refractivity contribution >= 4 is 0 Å². The van der Waals surface area contributed by atoms with Crippen LogP contribution in [0, 0.1) is 0 Å². The van der Waals surface area contributed by atoms with Crippen molar-refractivity contribution in [2.75, 3.05) is 33.8 Å². The average molecular weight is 403 g/mol. The summed E-state index contributed by atoms with van der Waals surface area (Å²) in [6.45, 7) is 3.16. The van der Waals surface area contributed by atoms with Gasteiger partial charge in [0.15, 0.2) is 0 Å². The number of likely N-dealkylation sites (N-methyl/N-ethyl adjacent to an activating group) is 1. The van der Waals surface area contributed by atoms with E-state index in [1.54, 1.807) is 0 Å². The highest BCUT2D eigenvalue weighted by Crippen LogP contribution is 2.32. The number of nitrogens with one attached hydrogen (secondary N) is 1. The van der Waals surface area contributed by atoms with Crippen LogP contribution >= 0.6 is 0 Å². The van der Waals surface area contributed by atoms with Gasteiger partial charge in [-0.25, -0.2) is 0 Å². The molecule has 4 nitrogen and oxygen atoms in total. The largest absolute Gasteiger partial charge is 0.492 e. The molecule has 0 aliphatic carbocycles. The minimum Gasteiger partial charge on any atom is -0.492 e. The van der Waals surface area contributed by atoms with Crippen molar-refractivity contribution in [3.05, 3.63) is 95.1 Å². The van der Waals surface area contributed by atoms with Crippen LogP contribution in [0.5, 0.6) is 11.5 Å². The molecule has 0 radical (unpaired) electrons. The zero-order valence-electron chi connectivity index (χ0n) is 17.8. The maximum Gasteiger partial charge on any atom is 0.120 e. The molecule has 156 valence electrons. The van der Waals surface area contributed by atoms with Crippen molar-refractivity contribution in [2.24, 2.45) is 0 Å². The number of fused-ring (bicyclic) bond motifs is 1. The minimum absolute atomic E-state index is 0.202. The first-order chi connectivity index (χ1) is 14.7. The van der Waals surface area contributed by atoms with E-state index in [0.717, 1.165) is 31.0 Å². The fourth-order valence-electron chi connectivity index (χ4n) is 3.77. The second kappa shape index (κ2) is 9.79. The van der Waals surface area contributed by atoms with Gasteiger partial charge in [0.25, 0.3) is 0 Å². The van der Waals surface area contributed by atoms with Crippen LogP contribution in [-0.4, -0.2) is 38.7 Å². The van der Waals surface area contributed by atoms with Crippen LogP contribution in [0.2, 0.25) is 0 Å². The third-order valence-electron chi connectivity index (χ3n) is 5.44. The molecule has 0 amide bonds. The second-order valence-electron chi connectivity index (χ2n) is 7.99. The van der Waals surface area contributed by atoms with E-state index in [1.165, 1.54) is 22.3 Å². The molecular weight excluding hydrogens is 372 g/mol. The highest BCUT2D eigenvalue weighted by atomic mass is 16.5. The van der Waals surface area contributed by atoms with Gasteiger partial charge >= 0.3 is 0 Å². The van der Waals surface area contributed by atoms with E-state index in [9.17, 15) is 0 Å². The molecule has 0 aromatic heterocycles. The molecule has 0 spiro atoms. The second-order valence-corrected chi connectivity index (χ2v) is 7.99. The van der Waals surface area contributed by atoms with Gasteiger partial charge in [-0.1, -0.05) is 48.5 Å². The van der Waals surface area contributed by atoms with Gasteiger partial charge < -0.3 is 19.7 Å². The lowest BCUT2D eigenvalue weighted by Crippen LogP contribution is -2.30. The van der Waals surface area contributed by atoms with Gasteiger partial charge in [-0.3, -0.25) is 0 Å². The van der Waals surface area contributed by atoms with Gasteiger partial charge in [-0.05, 0) is 67.0 Å². The number of rotatable bonds is 8. The highest BCUT2D eigenvalue weighted by molar-refractivity contribution is 5.44. The van der Waals surface area contributed by atoms with Gasteiger partial charge in [-0.15, -0.1) is 0 Å². The molecule has 4 heteroatoms. The Bertz CT molecular complexity index is 939. The smallest absolute Gasteiger partial charge is 0.120 e. The van der Waals surface area contributed by atoms with Crippen LogP contribution in [0.15, 0.2) is 72.8 Å². The van der Waals surface area contributed by atoms with Crippen molar-refractivity contribution in [3.63, 3.8) is 0 Å². The summed E-state index contributed by atoms with van der Waals surface area (Å²) in [6.07, 6.45) is 1.01. The third kappa shape index (κ3) is 5.21. The fraction of sp³-hybridized carbons (Fsp3) is 0.308. The van der Waals surface area contributed by atoms with Crippen LogP contribution in [0.4, 0.5) is 0 Å².